The largest absolute Gasteiger partial charge is 0.426 e. The number of anilines is 2. The lowest BCUT2D eigenvalue weighted by Gasteiger charge is -2.18. The molecule has 194 valence electrons. The monoisotopic (exact) mass is 590 g/mol. The highest BCUT2D eigenvalue weighted by molar-refractivity contribution is 6.56. The van der Waals surface area contributed by atoms with Gasteiger partial charge in [0.25, 0.3) is 11.8 Å². The Morgan fingerprint density at radius 3 is 1.97 bits per heavy atom. The number of benzene rings is 3. The zero-order chi connectivity index (χ0) is 27.5. The normalized spacial score (nSPS) is 16.9. The lowest BCUT2D eigenvalue weighted by molar-refractivity contribution is -0.139. The van der Waals surface area contributed by atoms with Gasteiger partial charge in [0.15, 0.2) is 0 Å². The average Bonchev–Trinajstić information content (AvgIpc) is 3.37. The fraction of sp³-hybridized carbons (Fsp3) is 0.185. The third-order valence-corrected chi connectivity index (χ3v) is 8.17. The van der Waals surface area contributed by atoms with Crippen LogP contribution in [0.4, 0.5) is 11.4 Å². The van der Waals surface area contributed by atoms with Crippen LogP contribution < -0.4 is 14.5 Å². The second kappa shape index (κ2) is 9.89. The maximum absolute atomic E-state index is 13.2. The minimum atomic E-state index is -0.746. The summed E-state index contributed by atoms with van der Waals surface area (Å²) < 4.78 is 5.55. The number of hydrogen-bond donors (Lipinski definition) is 0. The van der Waals surface area contributed by atoms with E-state index in [1.165, 1.54) is 24.3 Å². The third-order valence-electron chi connectivity index (χ3n) is 6.37. The summed E-state index contributed by atoms with van der Waals surface area (Å²) in [6.45, 7) is 4.06. The fourth-order valence-electron chi connectivity index (χ4n) is 4.69. The molecule has 0 radical (unpaired) electrons. The van der Waals surface area contributed by atoms with Gasteiger partial charge in [0, 0.05) is 24.7 Å². The lowest BCUT2D eigenvalue weighted by atomic mass is 10.1. The van der Waals surface area contributed by atoms with Crippen LogP contribution >= 0.6 is 46.4 Å². The van der Waals surface area contributed by atoms with E-state index in [0.29, 0.717) is 0 Å². The topological polar surface area (TPSA) is 84.0 Å². The van der Waals surface area contributed by atoms with Crippen LogP contribution in [0.5, 0.6) is 5.75 Å². The summed E-state index contributed by atoms with van der Waals surface area (Å²) in [6, 6.07) is 11.7. The second-order valence-corrected chi connectivity index (χ2v) is 10.6. The zero-order valence-corrected chi connectivity index (χ0v) is 23.0. The molecule has 0 unspecified atom stereocenters. The highest BCUT2D eigenvalue weighted by Gasteiger charge is 2.43. The molecule has 38 heavy (non-hydrogen) atoms. The average molecular weight is 592 g/mol. The van der Waals surface area contributed by atoms with Gasteiger partial charge in [0.1, 0.15) is 5.75 Å². The Balaban J connectivity index is 1.36. The van der Waals surface area contributed by atoms with Crippen LogP contribution in [0.2, 0.25) is 20.1 Å². The summed E-state index contributed by atoms with van der Waals surface area (Å²) in [5.41, 5.74) is 2.56. The first-order valence-electron chi connectivity index (χ1n) is 11.4. The standard InChI is InChI=1S/C27H18Cl4N2O5/c1-12-6-13(2)8-16(7-12)32-11-14(9-18(32)34)27(37)38-17-5-3-4-15(10-17)33-25(35)19-20(26(33)36)22(29)24(31)23(30)21(19)28/h3-8,10,14H,9,11H2,1-2H3/t14-/m0/s1. The molecule has 0 saturated carbocycles. The van der Waals surface area contributed by atoms with Gasteiger partial charge < -0.3 is 9.64 Å². The molecule has 0 N–H and O–H groups in total. The Hall–Kier alpha value is -3.10. The number of carbonyl (C=O) groups excluding carboxylic acids is 4. The SMILES string of the molecule is Cc1cc(C)cc(N2C[C@@H](C(=O)Oc3cccc(N4C(=O)c5c(Cl)c(Cl)c(Cl)c(Cl)c5C4=O)c3)CC2=O)c1. The van der Waals surface area contributed by atoms with E-state index < -0.39 is 23.7 Å². The molecule has 0 aromatic heterocycles. The van der Waals surface area contributed by atoms with Crippen LogP contribution in [0.15, 0.2) is 42.5 Å². The van der Waals surface area contributed by atoms with Crippen LogP contribution in [-0.4, -0.2) is 30.2 Å². The van der Waals surface area contributed by atoms with Crippen molar-refractivity contribution in [2.45, 2.75) is 20.3 Å². The van der Waals surface area contributed by atoms with Gasteiger partial charge in [-0.2, -0.15) is 0 Å². The van der Waals surface area contributed by atoms with Gasteiger partial charge in [0.05, 0.1) is 42.8 Å². The maximum atomic E-state index is 13.2. The van der Waals surface area contributed by atoms with E-state index in [9.17, 15) is 19.2 Å². The van der Waals surface area contributed by atoms with Gasteiger partial charge >= 0.3 is 5.97 Å². The molecule has 3 amide bonds. The highest BCUT2D eigenvalue weighted by atomic mass is 35.5. The van der Waals surface area contributed by atoms with Gasteiger partial charge in [-0.15, -0.1) is 0 Å². The molecule has 2 aliphatic rings. The third kappa shape index (κ3) is 4.43. The molecule has 5 rings (SSSR count). The Labute approximate surface area is 237 Å². The van der Waals surface area contributed by atoms with E-state index in [4.69, 9.17) is 51.1 Å². The quantitative estimate of drug-likeness (QED) is 0.111. The summed E-state index contributed by atoms with van der Waals surface area (Å²) in [5.74, 6) is -2.87. The summed E-state index contributed by atoms with van der Waals surface area (Å²) >= 11 is 24.6. The summed E-state index contributed by atoms with van der Waals surface area (Å²) in [7, 11) is 0. The van der Waals surface area contributed by atoms with Crippen molar-refractivity contribution < 1.29 is 23.9 Å². The molecule has 7 nitrogen and oxygen atoms in total. The van der Waals surface area contributed by atoms with Gasteiger partial charge in [-0.25, -0.2) is 4.90 Å². The Morgan fingerprint density at radius 2 is 1.39 bits per heavy atom. The molecule has 3 aromatic carbocycles. The van der Waals surface area contributed by atoms with E-state index in [1.807, 2.05) is 32.0 Å². The van der Waals surface area contributed by atoms with Crippen LogP contribution in [0.1, 0.15) is 38.3 Å². The first kappa shape index (κ1) is 26.5. The second-order valence-electron chi connectivity index (χ2n) is 9.12. The van der Waals surface area contributed by atoms with Crippen LogP contribution in [0.25, 0.3) is 0 Å². The number of fused-ring (bicyclic) bond motifs is 1. The van der Waals surface area contributed by atoms with Crippen molar-refractivity contribution >= 4 is 81.5 Å². The number of amides is 3. The van der Waals surface area contributed by atoms with Crippen molar-refractivity contribution in [1.82, 2.24) is 0 Å². The molecule has 2 aliphatic heterocycles. The number of hydrogen-bond acceptors (Lipinski definition) is 5. The Kier molecular flexibility index (Phi) is 6.90. The summed E-state index contributed by atoms with van der Waals surface area (Å²) in [6.07, 6.45) is 0.00242. The van der Waals surface area contributed by atoms with Crippen molar-refractivity contribution in [3.63, 3.8) is 0 Å². The first-order valence-corrected chi connectivity index (χ1v) is 12.9. The van der Waals surface area contributed by atoms with E-state index >= 15 is 0 Å². The number of rotatable bonds is 4. The Morgan fingerprint density at radius 1 is 0.816 bits per heavy atom. The molecule has 0 bridgehead atoms. The highest BCUT2D eigenvalue weighted by Crippen LogP contribution is 2.46. The van der Waals surface area contributed by atoms with Crippen LogP contribution in [0.3, 0.4) is 0 Å². The van der Waals surface area contributed by atoms with Crippen LogP contribution in [-0.2, 0) is 9.59 Å². The number of nitrogens with zero attached hydrogens (tertiary/aromatic N) is 2. The molecule has 3 aromatic rings. The molecule has 1 saturated heterocycles. The molecule has 0 aliphatic carbocycles. The minimum Gasteiger partial charge on any atom is -0.426 e. The maximum Gasteiger partial charge on any atom is 0.316 e. The van der Waals surface area contributed by atoms with Crippen molar-refractivity contribution in [3.05, 3.63) is 84.8 Å². The zero-order valence-electron chi connectivity index (χ0n) is 20.0. The lowest BCUT2D eigenvalue weighted by Crippen LogP contribution is -2.29. The minimum absolute atomic E-state index is 0.00242. The van der Waals surface area contributed by atoms with Crippen LogP contribution in [0, 0.1) is 19.8 Å². The molecular formula is C27H18Cl4N2O5. The number of carbonyl (C=O) groups is 4. The number of esters is 1. The van der Waals surface area contributed by atoms with Crippen molar-refractivity contribution in [2.75, 3.05) is 16.3 Å². The molecule has 1 atom stereocenters. The van der Waals surface area contributed by atoms with Crippen molar-refractivity contribution in [1.29, 1.82) is 0 Å². The molecule has 2 heterocycles. The van der Waals surface area contributed by atoms with Gasteiger partial charge in [-0.3, -0.25) is 19.2 Å². The predicted molar refractivity (Wildman–Crippen MR) is 146 cm³/mol. The predicted octanol–water partition coefficient (Wildman–Crippen LogP) is 6.68. The first-order chi connectivity index (χ1) is 18.0. The molecular weight excluding hydrogens is 574 g/mol. The molecule has 0 spiro atoms. The van der Waals surface area contributed by atoms with E-state index in [-0.39, 0.29) is 61.5 Å². The van der Waals surface area contributed by atoms with Crippen molar-refractivity contribution in [3.8, 4) is 5.75 Å². The summed E-state index contributed by atoms with van der Waals surface area (Å²) in [5, 5.41) is -0.634. The van der Waals surface area contributed by atoms with E-state index in [0.717, 1.165) is 21.7 Å². The number of aryl methyl sites for hydroxylation is 2. The van der Waals surface area contributed by atoms with E-state index in [1.54, 1.807) is 4.90 Å². The van der Waals surface area contributed by atoms with E-state index in [2.05, 4.69) is 0 Å². The van der Waals surface area contributed by atoms with Gasteiger partial charge in [0.2, 0.25) is 5.91 Å². The molecule has 1 fully saturated rings. The Bertz CT molecular complexity index is 1500. The van der Waals surface area contributed by atoms with Crippen molar-refractivity contribution in [2.24, 2.45) is 5.92 Å². The number of halogens is 4. The van der Waals surface area contributed by atoms with Gasteiger partial charge in [-0.1, -0.05) is 58.5 Å². The fourth-order valence-corrected chi connectivity index (χ4v) is 5.71. The summed E-state index contributed by atoms with van der Waals surface area (Å²) in [4.78, 5) is 54.4. The smallest absolute Gasteiger partial charge is 0.316 e. The number of imide groups is 1. The van der Waals surface area contributed by atoms with Gasteiger partial charge in [-0.05, 0) is 49.2 Å². The molecule has 11 heteroatoms. The number of ether oxygens (including phenoxy) is 1.